The van der Waals surface area contributed by atoms with Gasteiger partial charge in [0, 0.05) is 30.8 Å². The third-order valence-electron chi connectivity index (χ3n) is 4.46. The average Bonchev–Trinajstić information content (AvgIpc) is 2.74. The van der Waals surface area contributed by atoms with Crippen LogP contribution in [0.1, 0.15) is 17.7 Å². The van der Waals surface area contributed by atoms with E-state index in [1.54, 1.807) is 6.07 Å². The number of aromatic amines is 1. The molecule has 6 heteroatoms. The highest BCUT2D eigenvalue weighted by Gasteiger charge is 2.21. The smallest absolute Gasteiger partial charge is 0.183 e. The molecule has 4 rings (SSSR count). The van der Waals surface area contributed by atoms with Crippen molar-refractivity contribution >= 4 is 27.6 Å². The van der Waals surface area contributed by atoms with Crippen molar-refractivity contribution in [1.29, 1.82) is 0 Å². The van der Waals surface area contributed by atoms with Gasteiger partial charge in [-0.25, -0.2) is 4.98 Å². The van der Waals surface area contributed by atoms with Crippen molar-refractivity contribution in [2.45, 2.75) is 20.3 Å². The van der Waals surface area contributed by atoms with Crippen LogP contribution in [0.4, 0.5) is 5.69 Å². The maximum absolute atomic E-state index is 10.1. The van der Waals surface area contributed by atoms with E-state index in [0.717, 1.165) is 65.0 Å². The normalized spacial score (nSPS) is 16.2. The molecule has 0 bridgehead atoms. The summed E-state index contributed by atoms with van der Waals surface area (Å²) in [6.07, 6.45) is 0.986. The summed E-state index contributed by atoms with van der Waals surface area (Å²) in [5.74, 6) is 0.268. The molecule has 0 aliphatic carbocycles. The van der Waals surface area contributed by atoms with Gasteiger partial charge in [-0.15, -0.1) is 0 Å². The summed E-state index contributed by atoms with van der Waals surface area (Å²) in [5.41, 5.74) is 4.66. The summed E-state index contributed by atoms with van der Waals surface area (Å²) < 4.78 is 5.60. The first kappa shape index (κ1) is 14.3. The molecule has 0 radical (unpaired) electrons. The van der Waals surface area contributed by atoms with Crippen molar-refractivity contribution in [1.82, 2.24) is 15.2 Å². The number of phenols is 1. The summed E-state index contributed by atoms with van der Waals surface area (Å²) in [6.45, 7) is 7.23. The fourth-order valence-electron chi connectivity index (χ4n) is 3.41. The van der Waals surface area contributed by atoms with Gasteiger partial charge in [0.1, 0.15) is 5.75 Å². The van der Waals surface area contributed by atoms with E-state index in [0.29, 0.717) is 6.61 Å². The van der Waals surface area contributed by atoms with E-state index in [1.807, 2.05) is 19.9 Å². The molecule has 3 heterocycles. The van der Waals surface area contributed by atoms with E-state index >= 15 is 0 Å². The van der Waals surface area contributed by atoms with Gasteiger partial charge in [-0.3, -0.25) is 5.10 Å². The number of hydrogen-bond donors (Lipinski definition) is 2. The molecule has 0 atom stereocenters. The number of aryl methyl sites for hydroxylation is 2. The van der Waals surface area contributed by atoms with Crippen LogP contribution >= 0.6 is 0 Å². The van der Waals surface area contributed by atoms with Crippen molar-refractivity contribution in [3.8, 4) is 5.75 Å². The van der Waals surface area contributed by atoms with E-state index in [2.05, 4.69) is 15.1 Å². The first-order chi connectivity index (χ1) is 11.1. The zero-order chi connectivity index (χ0) is 16.0. The maximum atomic E-state index is 10.1. The fourth-order valence-corrected chi connectivity index (χ4v) is 3.41. The van der Waals surface area contributed by atoms with Crippen LogP contribution in [0.3, 0.4) is 0 Å². The van der Waals surface area contributed by atoms with Crippen LogP contribution < -0.4 is 4.90 Å². The lowest BCUT2D eigenvalue weighted by atomic mass is 10.0. The summed E-state index contributed by atoms with van der Waals surface area (Å²) >= 11 is 0. The Bertz CT molecular complexity index is 879. The molecule has 1 aliphatic rings. The van der Waals surface area contributed by atoms with Gasteiger partial charge in [-0.05, 0) is 38.0 Å². The summed E-state index contributed by atoms with van der Waals surface area (Å²) in [6, 6.07) is 3.55. The van der Waals surface area contributed by atoms with E-state index in [9.17, 15) is 5.11 Å². The van der Waals surface area contributed by atoms with Crippen LogP contribution in [-0.4, -0.2) is 46.6 Å². The molecule has 6 nitrogen and oxygen atoms in total. The molecular formula is C17H20N4O2. The number of H-pyrrole nitrogens is 1. The lowest BCUT2D eigenvalue weighted by Gasteiger charge is -2.25. The van der Waals surface area contributed by atoms with Crippen LogP contribution in [0.15, 0.2) is 12.1 Å². The second kappa shape index (κ2) is 5.38. The number of nitrogens with zero attached hydrogens (tertiary/aromatic N) is 3. The number of anilines is 1. The number of rotatable bonds is 1. The average molecular weight is 312 g/mol. The Kier molecular flexibility index (Phi) is 3.34. The van der Waals surface area contributed by atoms with Gasteiger partial charge >= 0.3 is 0 Å². The van der Waals surface area contributed by atoms with Crippen molar-refractivity contribution in [2.75, 3.05) is 31.2 Å². The molecule has 0 amide bonds. The van der Waals surface area contributed by atoms with Gasteiger partial charge in [0.05, 0.1) is 23.2 Å². The molecular weight excluding hydrogens is 292 g/mol. The highest BCUT2D eigenvalue weighted by molar-refractivity contribution is 6.09. The number of pyridine rings is 1. The third-order valence-corrected chi connectivity index (χ3v) is 4.46. The number of fused-ring (bicyclic) bond motifs is 2. The largest absolute Gasteiger partial charge is 0.508 e. The molecule has 2 aromatic heterocycles. The molecule has 0 unspecified atom stereocenters. The van der Waals surface area contributed by atoms with Gasteiger partial charge in [0.15, 0.2) is 5.65 Å². The lowest BCUT2D eigenvalue weighted by molar-refractivity contribution is 0.152. The molecule has 1 aliphatic heterocycles. The minimum atomic E-state index is 0.268. The number of aromatic nitrogens is 3. The molecule has 0 saturated carbocycles. The Balaban J connectivity index is 2.08. The fraction of sp³-hybridized carbons (Fsp3) is 0.412. The number of ether oxygens (including phenoxy) is 1. The maximum Gasteiger partial charge on any atom is 0.183 e. The van der Waals surface area contributed by atoms with Crippen molar-refractivity contribution in [3.05, 3.63) is 23.4 Å². The Hall–Kier alpha value is -2.34. The molecule has 3 aromatic rings. The van der Waals surface area contributed by atoms with Gasteiger partial charge in [0.25, 0.3) is 0 Å². The predicted octanol–water partition coefficient (Wildman–Crippen LogP) is 2.66. The SMILES string of the molecule is Cc1cc(O)cc2c(N3CCCOCC3)c3c(C)[nH]nc3nc12. The summed E-state index contributed by atoms with van der Waals surface area (Å²) in [5, 5.41) is 19.5. The predicted molar refractivity (Wildman–Crippen MR) is 90.2 cm³/mol. The van der Waals surface area contributed by atoms with E-state index in [4.69, 9.17) is 9.72 Å². The van der Waals surface area contributed by atoms with Crippen LogP contribution in [0.25, 0.3) is 21.9 Å². The lowest BCUT2D eigenvalue weighted by Crippen LogP contribution is -2.26. The first-order valence-electron chi connectivity index (χ1n) is 7.96. The first-order valence-corrected chi connectivity index (χ1v) is 7.96. The number of benzene rings is 1. The molecule has 120 valence electrons. The van der Waals surface area contributed by atoms with Crippen molar-refractivity contribution < 1.29 is 9.84 Å². The number of phenolic OH excluding ortho intramolecular Hbond substituents is 1. The van der Waals surface area contributed by atoms with E-state index in [-0.39, 0.29) is 5.75 Å². The van der Waals surface area contributed by atoms with Gasteiger partial charge in [-0.1, -0.05) is 0 Å². The summed E-state index contributed by atoms with van der Waals surface area (Å²) in [4.78, 5) is 7.04. The monoisotopic (exact) mass is 312 g/mol. The highest BCUT2D eigenvalue weighted by Crippen LogP contribution is 2.38. The Labute approximate surface area is 134 Å². The molecule has 0 spiro atoms. The summed E-state index contributed by atoms with van der Waals surface area (Å²) in [7, 11) is 0. The molecule has 1 aromatic carbocycles. The zero-order valence-electron chi connectivity index (χ0n) is 13.4. The topological polar surface area (TPSA) is 74.3 Å². The van der Waals surface area contributed by atoms with E-state index < -0.39 is 0 Å². The van der Waals surface area contributed by atoms with Crippen molar-refractivity contribution in [2.24, 2.45) is 0 Å². The molecule has 2 N–H and O–H groups in total. The number of aromatic hydroxyl groups is 1. The van der Waals surface area contributed by atoms with Crippen LogP contribution in [-0.2, 0) is 4.74 Å². The third kappa shape index (κ3) is 2.30. The van der Waals surface area contributed by atoms with Crippen LogP contribution in [0.2, 0.25) is 0 Å². The van der Waals surface area contributed by atoms with Gasteiger partial charge < -0.3 is 14.7 Å². The Morgan fingerprint density at radius 3 is 2.96 bits per heavy atom. The van der Waals surface area contributed by atoms with Gasteiger partial charge in [-0.2, -0.15) is 5.10 Å². The Morgan fingerprint density at radius 1 is 1.22 bits per heavy atom. The van der Waals surface area contributed by atoms with Crippen LogP contribution in [0.5, 0.6) is 5.75 Å². The van der Waals surface area contributed by atoms with E-state index in [1.165, 1.54) is 0 Å². The van der Waals surface area contributed by atoms with Crippen LogP contribution in [0, 0.1) is 13.8 Å². The minimum absolute atomic E-state index is 0.268. The molecule has 1 fully saturated rings. The van der Waals surface area contributed by atoms with Gasteiger partial charge in [0.2, 0.25) is 0 Å². The highest BCUT2D eigenvalue weighted by atomic mass is 16.5. The molecule has 1 saturated heterocycles. The number of nitrogens with one attached hydrogen (secondary N) is 1. The Morgan fingerprint density at radius 2 is 2.09 bits per heavy atom. The quantitative estimate of drug-likeness (QED) is 0.722. The second-order valence-corrected chi connectivity index (χ2v) is 6.12. The molecule has 23 heavy (non-hydrogen) atoms. The standard InChI is InChI=1S/C17H20N4O2/c1-10-8-12(22)9-13-15(10)18-17-14(11(2)19-20-17)16(13)21-4-3-6-23-7-5-21/h8-9,22H,3-7H2,1-2H3,(H,18,19,20). The van der Waals surface area contributed by atoms with Crippen molar-refractivity contribution in [3.63, 3.8) is 0 Å². The second-order valence-electron chi connectivity index (χ2n) is 6.12. The zero-order valence-corrected chi connectivity index (χ0v) is 13.4. The minimum Gasteiger partial charge on any atom is -0.508 e. The number of hydrogen-bond acceptors (Lipinski definition) is 5.